The molecule has 0 saturated heterocycles. The van der Waals surface area contributed by atoms with Gasteiger partial charge in [0.15, 0.2) is 5.13 Å². The van der Waals surface area contributed by atoms with Crippen LogP contribution in [0.1, 0.15) is 16.8 Å². The maximum absolute atomic E-state index is 12.1. The lowest BCUT2D eigenvalue weighted by Crippen LogP contribution is -2.15. The van der Waals surface area contributed by atoms with Crippen molar-refractivity contribution in [1.82, 2.24) is 4.98 Å². The number of carbonyl (C=O) groups excluding carboxylic acids is 1. The van der Waals surface area contributed by atoms with Crippen molar-refractivity contribution in [2.24, 2.45) is 0 Å². The van der Waals surface area contributed by atoms with E-state index in [1.54, 1.807) is 6.07 Å². The van der Waals surface area contributed by atoms with Crippen molar-refractivity contribution in [3.05, 3.63) is 56.9 Å². The first kappa shape index (κ1) is 14.5. The van der Waals surface area contributed by atoms with Crippen LogP contribution >= 0.6 is 11.3 Å². The first-order chi connectivity index (χ1) is 10.5. The highest BCUT2D eigenvalue weighted by molar-refractivity contribution is 7.13. The summed E-state index contributed by atoms with van der Waals surface area (Å²) in [4.78, 5) is 28.0. The Morgan fingerprint density at radius 3 is 2.86 bits per heavy atom. The quantitative estimate of drug-likeness (QED) is 0.754. The van der Waals surface area contributed by atoms with Crippen molar-refractivity contribution in [3.63, 3.8) is 0 Å². The molecule has 22 heavy (non-hydrogen) atoms. The second kappa shape index (κ2) is 5.73. The van der Waals surface area contributed by atoms with E-state index >= 15 is 0 Å². The zero-order chi connectivity index (χ0) is 15.7. The minimum absolute atomic E-state index is 0.101. The van der Waals surface area contributed by atoms with Gasteiger partial charge < -0.3 is 9.73 Å². The van der Waals surface area contributed by atoms with E-state index in [0.29, 0.717) is 16.3 Å². The molecule has 0 unspecified atom stereocenters. The summed E-state index contributed by atoms with van der Waals surface area (Å²) in [5, 5.41) is 5.94. The first-order valence-electron chi connectivity index (χ1n) is 6.76. The smallest absolute Gasteiger partial charge is 0.336 e. The normalized spacial score (nSPS) is 10.8. The summed E-state index contributed by atoms with van der Waals surface area (Å²) in [5.41, 5.74) is 2.56. The highest BCUT2D eigenvalue weighted by Gasteiger charge is 2.11. The van der Waals surface area contributed by atoms with Crippen LogP contribution in [0.25, 0.3) is 11.0 Å². The van der Waals surface area contributed by atoms with E-state index in [-0.39, 0.29) is 12.3 Å². The summed E-state index contributed by atoms with van der Waals surface area (Å²) in [7, 11) is 0. The van der Waals surface area contributed by atoms with Gasteiger partial charge in [0.25, 0.3) is 0 Å². The average Bonchev–Trinajstić information content (AvgIpc) is 2.83. The molecule has 0 atom stereocenters. The van der Waals surface area contributed by atoms with E-state index in [4.69, 9.17) is 4.42 Å². The Balaban J connectivity index is 1.89. The van der Waals surface area contributed by atoms with Gasteiger partial charge in [-0.25, -0.2) is 9.78 Å². The number of hydrogen-bond acceptors (Lipinski definition) is 5. The third kappa shape index (κ3) is 3.07. The summed E-state index contributed by atoms with van der Waals surface area (Å²) in [6, 6.07) is 6.95. The molecule has 0 saturated carbocycles. The molecule has 0 aliphatic rings. The Morgan fingerprint density at radius 2 is 2.14 bits per heavy atom. The maximum Gasteiger partial charge on any atom is 0.336 e. The minimum atomic E-state index is -0.453. The zero-order valence-electron chi connectivity index (χ0n) is 12.2. The van der Waals surface area contributed by atoms with Crippen LogP contribution in [0.4, 0.5) is 5.13 Å². The van der Waals surface area contributed by atoms with Crippen LogP contribution in [0.3, 0.4) is 0 Å². The van der Waals surface area contributed by atoms with Gasteiger partial charge in [-0.2, -0.15) is 0 Å². The fraction of sp³-hybridized carbons (Fsp3) is 0.188. The molecule has 3 aromatic rings. The van der Waals surface area contributed by atoms with Crippen LogP contribution < -0.4 is 10.9 Å². The largest absolute Gasteiger partial charge is 0.423 e. The number of fused-ring (bicyclic) bond motifs is 1. The Hall–Kier alpha value is -2.47. The molecule has 0 bridgehead atoms. The second-order valence-corrected chi connectivity index (χ2v) is 5.97. The molecule has 0 spiro atoms. The lowest BCUT2D eigenvalue weighted by molar-refractivity contribution is -0.115. The van der Waals surface area contributed by atoms with Crippen molar-refractivity contribution < 1.29 is 9.21 Å². The fourth-order valence-electron chi connectivity index (χ4n) is 2.23. The van der Waals surface area contributed by atoms with Crippen molar-refractivity contribution >= 4 is 33.3 Å². The van der Waals surface area contributed by atoms with Crippen LogP contribution in [0.5, 0.6) is 0 Å². The first-order valence-corrected chi connectivity index (χ1v) is 7.64. The Morgan fingerprint density at radius 1 is 1.32 bits per heavy atom. The van der Waals surface area contributed by atoms with Gasteiger partial charge in [0.2, 0.25) is 5.91 Å². The molecule has 1 amide bonds. The number of benzene rings is 1. The Labute approximate surface area is 130 Å². The van der Waals surface area contributed by atoms with Crippen LogP contribution in [0.2, 0.25) is 0 Å². The van der Waals surface area contributed by atoms with Gasteiger partial charge >= 0.3 is 5.63 Å². The highest BCUT2D eigenvalue weighted by atomic mass is 32.1. The standard InChI is InChI=1S/C16H14N2O3S/c1-9-3-4-12-11(7-15(20)21-13(12)5-9)6-14(19)18-16-17-10(2)8-22-16/h3-5,7-8H,6H2,1-2H3,(H,17,18,19). The van der Waals surface area contributed by atoms with E-state index in [1.165, 1.54) is 17.4 Å². The monoisotopic (exact) mass is 314 g/mol. The van der Waals surface area contributed by atoms with Crippen molar-refractivity contribution in [2.75, 3.05) is 5.32 Å². The number of aryl methyl sites for hydroxylation is 2. The molecule has 2 heterocycles. The van der Waals surface area contributed by atoms with E-state index < -0.39 is 5.63 Å². The number of anilines is 1. The lowest BCUT2D eigenvalue weighted by Gasteiger charge is -2.06. The predicted octanol–water partition coefficient (Wildman–Crippen LogP) is 3.05. The number of rotatable bonds is 3. The Bertz CT molecular complexity index is 911. The van der Waals surface area contributed by atoms with Crippen molar-refractivity contribution in [1.29, 1.82) is 0 Å². The summed E-state index contributed by atoms with van der Waals surface area (Å²) >= 11 is 1.37. The summed E-state index contributed by atoms with van der Waals surface area (Å²) < 4.78 is 5.19. The molecule has 0 fully saturated rings. The topological polar surface area (TPSA) is 72.2 Å². The van der Waals surface area contributed by atoms with E-state index in [2.05, 4.69) is 10.3 Å². The molecule has 2 aromatic heterocycles. The molecule has 5 nitrogen and oxygen atoms in total. The summed E-state index contributed by atoms with van der Waals surface area (Å²) in [5.74, 6) is -0.207. The molecule has 6 heteroatoms. The van der Waals surface area contributed by atoms with Gasteiger partial charge in [-0.1, -0.05) is 12.1 Å². The number of thiazole rings is 1. The molecular formula is C16H14N2O3S. The van der Waals surface area contributed by atoms with Crippen LogP contribution in [0.15, 0.2) is 38.9 Å². The summed E-state index contributed by atoms with van der Waals surface area (Å²) in [6.45, 7) is 3.79. The molecule has 0 radical (unpaired) electrons. The Kier molecular flexibility index (Phi) is 3.77. The SMILES string of the molecule is Cc1ccc2c(CC(=O)Nc3nc(C)cs3)cc(=O)oc2c1. The average molecular weight is 314 g/mol. The van der Waals surface area contributed by atoms with Crippen LogP contribution in [-0.4, -0.2) is 10.9 Å². The van der Waals surface area contributed by atoms with E-state index in [1.807, 2.05) is 31.4 Å². The van der Waals surface area contributed by atoms with Gasteiger partial charge in [0, 0.05) is 16.8 Å². The molecule has 0 aliphatic carbocycles. The van der Waals surface area contributed by atoms with Crippen molar-refractivity contribution in [2.45, 2.75) is 20.3 Å². The van der Waals surface area contributed by atoms with Crippen molar-refractivity contribution in [3.8, 4) is 0 Å². The molecule has 1 aromatic carbocycles. The number of nitrogens with zero attached hydrogens (tertiary/aromatic N) is 1. The van der Waals surface area contributed by atoms with E-state index in [0.717, 1.165) is 16.6 Å². The third-order valence-electron chi connectivity index (χ3n) is 3.20. The summed E-state index contributed by atoms with van der Waals surface area (Å²) in [6.07, 6.45) is 0.101. The molecular weight excluding hydrogens is 300 g/mol. The van der Waals surface area contributed by atoms with Crippen LogP contribution in [-0.2, 0) is 11.2 Å². The predicted molar refractivity (Wildman–Crippen MR) is 86.4 cm³/mol. The zero-order valence-corrected chi connectivity index (χ0v) is 13.0. The van der Waals surface area contributed by atoms with Gasteiger partial charge in [-0.05, 0) is 31.0 Å². The number of carbonyl (C=O) groups is 1. The lowest BCUT2D eigenvalue weighted by atomic mass is 10.1. The third-order valence-corrected chi connectivity index (χ3v) is 4.08. The van der Waals surface area contributed by atoms with Gasteiger partial charge in [-0.15, -0.1) is 11.3 Å². The highest BCUT2D eigenvalue weighted by Crippen LogP contribution is 2.20. The van der Waals surface area contributed by atoms with Gasteiger partial charge in [-0.3, -0.25) is 4.79 Å². The molecule has 1 N–H and O–H groups in total. The van der Waals surface area contributed by atoms with Crippen LogP contribution in [0, 0.1) is 13.8 Å². The van der Waals surface area contributed by atoms with Gasteiger partial charge in [0.1, 0.15) is 5.58 Å². The minimum Gasteiger partial charge on any atom is -0.423 e. The van der Waals surface area contributed by atoms with E-state index in [9.17, 15) is 9.59 Å². The molecule has 112 valence electrons. The fourth-order valence-corrected chi connectivity index (χ4v) is 2.94. The number of hydrogen-bond donors (Lipinski definition) is 1. The van der Waals surface area contributed by atoms with Gasteiger partial charge in [0.05, 0.1) is 12.1 Å². The number of nitrogens with one attached hydrogen (secondary N) is 1. The number of amides is 1. The molecule has 0 aliphatic heterocycles. The second-order valence-electron chi connectivity index (χ2n) is 5.11. The molecule has 3 rings (SSSR count). The number of aromatic nitrogens is 1. The maximum atomic E-state index is 12.1.